The minimum atomic E-state index is -0.556. The largest absolute Gasteiger partial charge is 0.497 e. The van der Waals surface area contributed by atoms with Crippen molar-refractivity contribution < 1.29 is 14.3 Å². The molecule has 0 unspecified atom stereocenters. The number of piperidine rings is 1. The van der Waals surface area contributed by atoms with Crippen molar-refractivity contribution >= 4 is 11.6 Å². The number of hydrogen-bond donors (Lipinski definition) is 1. The van der Waals surface area contributed by atoms with E-state index in [1.165, 1.54) is 0 Å². The molecule has 4 rings (SSSR count). The Bertz CT molecular complexity index is 855. The van der Waals surface area contributed by atoms with Gasteiger partial charge in [-0.3, -0.25) is 4.79 Å². The summed E-state index contributed by atoms with van der Waals surface area (Å²) in [6.07, 6.45) is 4.90. The summed E-state index contributed by atoms with van der Waals surface area (Å²) in [6, 6.07) is 7.37. The Labute approximate surface area is 172 Å². The number of imidazole rings is 1. The number of benzene rings is 1. The molecule has 1 aromatic heterocycles. The van der Waals surface area contributed by atoms with Crippen molar-refractivity contribution in [3.63, 3.8) is 0 Å². The molecule has 2 aromatic rings. The fourth-order valence-corrected chi connectivity index (χ4v) is 4.41. The Balaban J connectivity index is 1.50. The summed E-state index contributed by atoms with van der Waals surface area (Å²) in [5, 5.41) is 2.98. The molecule has 29 heavy (non-hydrogen) atoms. The van der Waals surface area contributed by atoms with E-state index in [-0.39, 0.29) is 5.91 Å². The number of ether oxygens (including phenoxy) is 2. The van der Waals surface area contributed by atoms with Crippen LogP contribution in [0.3, 0.4) is 0 Å². The molecule has 1 aromatic carbocycles. The summed E-state index contributed by atoms with van der Waals surface area (Å²) < 4.78 is 13.8. The van der Waals surface area contributed by atoms with Gasteiger partial charge >= 0.3 is 0 Å². The van der Waals surface area contributed by atoms with Crippen LogP contribution in [0, 0.1) is 5.92 Å². The molecule has 1 atom stereocenters. The number of carbonyl (C=O) groups is 1. The Morgan fingerprint density at radius 1 is 1.38 bits per heavy atom. The number of nitrogens with zero attached hydrogens (tertiary/aromatic N) is 3. The number of methoxy groups -OCH3 is 1. The third-order valence-electron chi connectivity index (χ3n) is 5.77. The average molecular weight is 399 g/mol. The molecule has 1 spiro atoms. The average Bonchev–Trinajstić information content (AvgIpc) is 3.19. The van der Waals surface area contributed by atoms with Crippen molar-refractivity contribution in [2.75, 3.05) is 32.1 Å². The van der Waals surface area contributed by atoms with E-state index in [4.69, 9.17) is 9.47 Å². The molecule has 7 heteroatoms. The van der Waals surface area contributed by atoms with Crippen LogP contribution in [-0.4, -0.2) is 53.2 Å². The minimum absolute atomic E-state index is 0.137. The molecule has 1 N–H and O–H groups in total. The molecular formula is C22H30N4O3. The molecule has 1 amide bonds. The molecule has 0 radical (unpaired) electrons. The quantitative estimate of drug-likeness (QED) is 0.839. The summed E-state index contributed by atoms with van der Waals surface area (Å²) in [5.74, 6) is 2.16. The number of anilines is 1. The maximum absolute atomic E-state index is 13.0. The molecule has 156 valence electrons. The molecule has 0 saturated carbocycles. The fourth-order valence-electron chi connectivity index (χ4n) is 4.41. The molecular weight excluding hydrogens is 368 g/mol. The molecule has 1 saturated heterocycles. The highest BCUT2D eigenvalue weighted by atomic mass is 16.5. The highest BCUT2D eigenvalue weighted by molar-refractivity contribution is 5.94. The van der Waals surface area contributed by atoms with Crippen LogP contribution in [0.15, 0.2) is 36.7 Å². The second-order valence-electron chi connectivity index (χ2n) is 8.42. The van der Waals surface area contributed by atoms with E-state index >= 15 is 0 Å². The van der Waals surface area contributed by atoms with E-state index in [0.717, 1.165) is 38.3 Å². The maximum Gasteiger partial charge on any atom is 0.255 e. The van der Waals surface area contributed by atoms with Crippen LogP contribution in [0.4, 0.5) is 5.69 Å². The second-order valence-corrected chi connectivity index (χ2v) is 8.42. The Morgan fingerprint density at radius 3 is 2.90 bits per heavy atom. The Kier molecular flexibility index (Phi) is 5.61. The lowest BCUT2D eigenvalue weighted by atomic mass is 9.88. The van der Waals surface area contributed by atoms with Crippen LogP contribution in [0.25, 0.3) is 0 Å². The first-order valence-corrected chi connectivity index (χ1v) is 10.4. The highest BCUT2D eigenvalue weighted by Crippen LogP contribution is 2.40. The van der Waals surface area contributed by atoms with Gasteiger partial charge in [0.25, 0.3) is 5.91 Å². The van der Waals surface area contributed by atoms with E-state index in [1.807, 2.05) is 36.7 Å². The number of fused-ring (bicyclic) bond motifs is 2. The normalized spacial score (nSPS) is 21.2. The van der Waals surface area contributed by atoms with Gasteiger partial charge in [0.1, 0.15) is 17.2 Å². The van der Waals surface area contributed by atoms with Gasteiger partial charge in [-0.05, 0) is 30.9 Å². The zero-order valence-electron chi connectivity index (χ0n) is 17.4. The van der Waals surface area contributed by atoms with E-state index in [0.29, 0.717) is 23.9 Å². The molecule has 7 nitrogen and oxygen atoms in total. The summed E-state index contributed by atoms with van der Waals surface area (Å²) in [6.45, 7) is 7.96. The number of rotatable bonds is 5. The zero-order chi connectivity index (χ0) is 20.4. The van der Waals surface area contributed by atoms with E-state index in [2.05, 4.69) is 33.6 Å². The predicted octanol–water partition coefficient (Wildman–Crippen LogP) is 2.88. The smallest absolute Gasteiger partial charge is 0.255 e. The fraction of sp³-hybridized carbons (Fsp3) is 0.545. The summed E-state index contributed by atoms with van der Waals surface area (Å²) in [7, 11) is 1.61. The van der Waals surface area contributed by atoms with Gasteiger partial charge in [-0.2, -0.15) is 0 Å². The predicted molar refractivity (Wildman–Crippen MR) is 111 cm³/mol. The first-order valence-electron chi connectivity index (χ1n) is 10.4. The number of amides is 1. The van der Waals surface area contributed by atoms with Gasteiger partial charge in [-0.1, -0.05) is 19.9 Å². The lowest BCUT2D eigenvalue weighted by Crippen LogP contribution is -2.53. The standard InChI is InChI=1S/C22H30N4O3/c1-16(2)14-25-10-7-22(8-11-25)21-23-9-12-26(21)15-19(29-22)20(27)24-17-5-4-6-18(13-17)28-3/h4-6,9,12-13,16,19H,7-8,10-11,14-15H2,1-3H3,(H,24,27)/t19-/m1/s1. The monoisotopic (exact) mass is 398 g/mol. The number of aromatic nitrogens is 2. The maximum atomic E-state index is 13.0. The highest BCUT2D eigenvalue weighted by Gasteiger charge is 2.47. The number of carbonyl (C=O) groups excluding carboxylic acids is 1. The zero-order valence-corrected chi connectivity index (χ0v) is 17.4. The van der Waals surface area contributed by atoms with Crippen molar-refractivity contribution in [1.29, 1.82) is 0 Å². The first kappa shape index (κ1) is 19.9. The van der Waals surface area contributed by atoms with Gasteiger partial charge in [0.15, 0.2) is 6.10 Å². The van der Waals surface area contributed by atoms with Gasteiger partial charge in [0.05, 0.1) is 13.7 Å². The lowest BCUT2D eigenvalue weighted by Gasteiger charge is -2.45. The van der Waals surface area contributed by atoms with E-state index in [9.17, 15) is 4.79 Å². The Morgan fingerprint density at radius 2 is 2.17 bits per heavy atom. The van der Waals surface area contributed by atoms with Gasteiger partial charge in [0.2, 0.25) is 0 Å². The van der Waals surface area contributed by atoms with Gasteiger partial charge in [-0.25, -0.2) is 4.98 Å². The SMILES string of the molecule is COc1cccc(NC(=O)[C@H]2Cn3ccnc3C3(CCN(CC(C)C)CC3)O2)c1. The van der Waals surface area contributed by atoms with Gasteiger partial charge in [-0.15, -0.1) is 0 Å². The van der Waals surface area contributed by atoms with Crippen molar-refractivity contribution in [3.05, 3.63) is 42.5 Å². The molecule has 0 bridgehead atoms. The molecule has 0 aliphatic carbocycles. The molecule has 2 aliphatic heterocycles. The Hall–Kier alpha value is -2.38. The number of hydrogen-bond acceptors (Lipinski definition) is 5. The van der Waals surface area contributed by atoms with Crippen LogP contribution < -0.4 is 10.1 Å². The summed E-state index contributed by atoms with van der Waals surface area (Å²) >= 11 is 0. The van der Waals surface area contributed by atoms with Crippen molar-refractivity contribution in [2.24, 2.45) is 5.92 Å². The second kappa shape index (κ2) is 8.16. The third-order valence-corrected chi connectivity index (χ3v) is 5.77. The van der Waals surface area contributed by atoms with Crippen LogP contribution in [0.2, 0.25) is 0 Å². The van der Waals surface area contributed by atoms with E-state index in [1.54, 1.807) is 7.11 Å². The number of likely N-dealkylation sites (tertiary alicyclic amines) is 1. The summed E-state index contributed by atoms with van der Waals surface area (Å²) in [5.41, 5.74) is 0.209. The van der Waals surface area contributed by atoms with Crippen LogP contribution in [0.5, 0.6) is 5.75 Å². The van der Waals surface area contributed by atoms with Crippen LogP contribution in [0.1, 0.15) is 32.5 Å². The first-order chi connectivity index (χ1) is 14.0. The molecule has 3 heterocycles. The summed E-state index contributed by atoms with van der Waals surface area (Å²) in [4.78, 5) is 20.1. The lowest BCUT2D eigenvalue weighted by molar-refractivity contribution is -0.170. The topological polar surface area (TPSA) is 68.6 Å². The molecule has 1 fully saturated rings. The van der Waals surface area contributed by atoms with Gasteiger partial charge in [0, 0.05) is 43.8 Å². The minimum Gasteiger partial charge on any atom is -0.497 e. The number of nitrogens with one attached hydrogen (secondary N) is 1. The van der Waals surface area contributed by atoms with Crippen molar-refractivity contribution in [3.8, 4) is 5.75 Å². The van der Waals surface area contributed by atoms with Crippen molar-refractivity contribution in [1.82, 2.24) is 14.5 Å². The van der Waals surface area contributed by atoms with Gasteiger partial charge < -0.3 is 24.3 Å². The molecule has 2 aliphatic rings. The van der Waals surface area contributed by atoms with Crippen LogP contribution >= 0.6 is 0 Å². The van der Waals surface area contributed by atoms with Crippen LogP contribution in [-0.2, 0) is 21.7 Å². The van der Waals surface area contributed by atoms with E-state index < -0.39 is 11.7 Å². The van der Waals surface area contributed by atoms with Crippen molar-refractivity contribution in [2.45, 2.75) is 44.9 Å². The third kappa shape index (κ3) is 4.16.